The van der Waals surface area contributed by atoms with Gasteiger partial charge in [0.05, 0.1) is 12.4 Å². The van der Waals surface area contributed by atoms with Crippen molar-refractivity contribution in [3.63, 3.8) is 0 Å². The van der Waals surface area contributed by atoms with Crippen molar-refractivity contribution < 1.29 is 9.53 Å². The number of ether oxygens (including phenoxy) is 1. The minimum absolute atomic E-state index is 0.124. The number of halogens is 1. The third-order valence-electron chi connectivity index (χ3n) is 2.90. The molecule has 1 saturated heterocycles. The minimum Gasteiger partial charge on any atom is -0.381 e. The molecule has 1 aromatic heterocycles. The Balaban J connectivity index is 2.05. The molecule has 0 radical (unpaired) electrons. The molecule has 1 aromatic rings. The number of hydrogen-bond donors (Lipinski definition) is 0. The summed E-state index contributed by atoms with van der Waals surface area (Å²) in [7, 11) is 1.79. The largest absolute Gasteiger partial charge is 0.381 e. The van der Waals surface area contributed by atoms with Crippen molar-refractivity contribution in [2.24, 2.45) is 0 Å². The maximum atomic E-state index is 12.1. The zero-order chi connectivity index (χ0) is 12.3. The van der Waals surface area contributed by atoms with Gasteiger partial charge in [-0.2, -0.15) is 0 Å². The highest BCUT2D eigenvalue weighted by atomic mass is 35.5. The number of carbonyl (C=O) groups excluding carboxylic acids is 1. The normalized spacial score (nSPS) is 16.8. The molecule has 0 atom stereocenters. The molecule has 1 aliphatic rings. The van der Waals surface area contributed by atoms with Crippen LogP contribution < -0.4 is 0 Å². The molecular formula is C11H14ClN3O2. The van der Waals surface area contributed by atoms with Crippen LogP contribution in [-0.4, -0.2) is 47.1 Å². The van der Waals surface area contributed by atoms with E-state index in [0.717, 1.165) is 12.8 Å². The summed E-state index contributed by atoms with van der Waals surface area (Å²) in [5.74, 6) is -0.124. The first-order valence-corrected chi connectivity index (χ1v) is 5.88. The van der Waals surface area contributed by atoms with Gasteiger partial charge in [-0.1, -0.05) is 11.6 Å². The summed E-state index contributed by atoms with van der Waals surface area (Å²) in [6.45, 7) is 1.41. The van der Waals surface area contributed by atoms with Crippen LogP contribution in [-0.2, 0) is 4.74 Å². The van der Waals surface area contributed by atoms with E-state index in [9.17, 15) is 4.79 Å². The number of hydrogen-bond acceptors (Lipinski definition) is 4. The molecule has 1 fully saturated rings. The first-order chi connectivity index (χ1) is 8.18. The lowest BCUT2D eigenvalue weighted by Crippen LogP contribution is -2.41. The van der Waals surface area contributed by atoms with Gasteiger partial charge in [-0.05, 0) is 12.8 Å². The molecule has 0 aromatic carbocycles. The number of rotatable bonds is 2. The molecule has 5 nitrogen and oxygen atoms in total. The highest BCUT2D eigenvalue weighted by molar-refractivity contribution is 6.29. The lowest BCUT2D eigenvalue weighted by atomic mass is 10.1. The molecule has 1 aliphatic heterocycles. The van der Waals surface area contributed by atoms with Crippen LogP contribution in [0.15, 0.2) is 12.4 Å². The van der Waals surface area contributed by atoms with Gasteiger partial charge in [0.1, 0.15) is 10.8 Å². The van der Waals surface area contributed by atoms with E-state index in [1.807, 2.05) is 0 Å². The molecule has 0 saturated carbocycles. The van der Waals surface area contributed by atoms with Crippen LogP contribution in [0.3, 0.4) is 0 Å². The lowest BCUT2D eigenvalue weighted by molar-refractivity contribution is 0.0358. The summed E-state index contributed by atoms with van der Waals surface area (Å²) < 4.78 is 5.27. The Morgan fingerprint density at radius 1 is 1.41 bits per heavy atom. The predicted molar refractivity (Wildman–Crippen MR) is 63.0 cm³/mol. The Morgan fingerprint density at radius 2 is 2.12 bits per heavy atom. The van der Waals surface area contributed by atoms with Crippen molar-refractivity contribution in [1.82, 2.24) is 14.9 Å². The van der Waals surface area contributed by atoms with Crippen LogP contribution in [0.1, 0.15) is 23.3 Å². The van der Waals surface area contributed by atoms with E-state index in [1.165, 1.54) is 12.4 Å². The number of amides is 1. The van der Waals surface area contributed by atoms with Gasteiger partial charge in [0.25, 0.3) is 5.91 Å². The Bertz CT molecular complexity index is 390. The van der Waals surface area contributed by atoms with Gasteiger partial charge in [-0.3, -0.25) is 4.79 Å². The van der Waals surface area contributed by atoms with Crippen molar-refractivity contribution in [2.45, 2.75) is 18.9 Å². The molecule has 1 amide bonds. The lowest BCUT2D eigenvalue weighted by Gasteiger charge is -2.30. The monoisotopic (exact) mass is 255 g/mol. The maximum absolute atomic E-state index is 12.1. The summed E-state index contributed by atoms with van der Waals surface area (Å²) in [5.41, 5.74) is 0.323. The third kappa shape index (κ3) is 2.92. The fraction of sp³-hybridized carbons (Fsp3) is 0.545. The standard InChI is InChI=1S/C11H14ClN3O2/c1-15(8-2-4-17-5-3-8)11(16)9-6-14-10(12)7-13-9/h6-8H,2-5H2,1H3. The van der Waals surface area contributed by atoms with E-state index >= 15 is 0 Å². The Morgan fingerprint density at radius 3 is 2.71 bits per heavy atom. The molecule has 0 unspecified atom stereocenters. The van der Waals surface area contributed by atoms with Gasteiger partial charge < -0.3 is 9.64 Å². The zero-order valence-electron chi connectivity index (χ0n) is 9.60. The van der Waals surface area contributed by atoms with Crippen molar-refractivity contribution in [1.29, 1.82) is 0 Å². The van der Waals surface area contributed by atoms with Crippen molar-refractivity contribution >= 4 is 17.5 Å². The summed E-state index contributed by atoms with van der Waals surface area (Å²) in [6.07, 6.45) is 4.51. The van der Waals surface area contributed by atoms with Crippen molar-refractivity contribution in [3.8, 4) is 0 Å². The molecular weight excluding hydrogens is 242 g/mol. The van der Waals surface area contributed by atoms with E-state index in [-0.39, 0.29) is 17.1 Å². The Kier molecular flexibility index (Phi) is 3.91. The summed E-state index contributed by atoms with van der Waals surface area (Å²) in [5, 5.41) is 0.287. The first kappa shape index (κ1) is 12.3. The summed E-state index contributed by atoms with van der Waals surface area (Å²) >= 11 is 5.63. The molecule has 0 spiro atoms. The quantitative estimate of drug-likeness (QED) is 0.801. The van der Waals surface area contributed by atoms with Crippen LogP contribution in [0, 0.1) is 0 Å². The van der Waals surface area contributed by atoms with Crippen LogP contribution in [0.4, 0.5) is 0 Å². The summed E-state index contributed by atoms with van der Waals surface area (Å²) in [6, 6.07) is 0.216. The van der Waals surface area contributed by atoms with E-state index in [0.29, 0.717) is 18.9 Å². The van der Waals surface area contributed by atoms with Crippen molar-refractivity contribution in [2.75, 3.05) is 20.3 Å². The third-order valence-corrected chi connectivity index (χ3v) is 3.09. The second-order valence-electron chi connectivity index (χ2n) is 3.98. The molecule has 0 bridgehead atoms. The molecule has 0 aliphatic carbocycles. The van der Waals surface area contributed by atoms with Crippen LogP contribution in [0.5, 0.6) is 0 Å². The van der Waals surface area contributed by atoms with Crippen molar-refractivity contribution in [3.05, 3.63) is 23.2 Å². The predicted octanol–water partition coefficient (Wildman–Crippen LogP) is 1.38. The molecule has 0 N–H and O–H groups in total. The van der Waals surface area contributed by atoms with E-state index < -0.39 is 0 Å². The average Bonchev–Trinajstić information content (AvgIpc) is 2.39. The Labute approximate surface area is 105 Å². The molecule has 2 rings (SSSR count). The fourth-order valence-electron chi connectivity index (χ4n) is 1.84. The molecule has 2 heterocycles. The van der Waals surface area contributed by atoms with Crippen LogP contribution in [0.25, 0.3) is 0 Å². The average molecular weight is 256 g/mol. The van der Waals surface area contributed by atoms with E-state index in [4.69, 9.17) is 16.3 Å². The van der Waals surface area contributed by atoms with Gasteiger partial charge >= 0.3 is 0 Å². The first-order valence-electron chi connectivity index (χ1n) is 5.51. The highest BCUT2D eigenvalue weighted by Gasteiger charge is 2.24. The second kappa shape index (κ2) is 5.42. The zero-order valence-corrected chi connectivity index (χ0v) is 10.4. The van der Waals surface area contributed by atoms with E-state index in [1.54, 1.807) is 11.9 Å². The fourth-order valence-corrected chi connectivity index (χ4v) is 1.94. The van der Waals surface area contributed by atoms with Crippen LogP contribution in [0.2, 0.25) is 5.15 Å². The van der Waals surface area contributed by atoms with Gasteiger partial charge in [-0.25, -0.2) is 9.97 Å². The van der Waals surface area contributed by atoms with Gasteiger partial charge in [0.15, 0.2) is 0 Å². The Hall–Kier alpha value is -1.20. The SMILES string of the molecule is CN(C(=O)c1cnc(Cl)cn1)C1CCOCC1. The second-order valence-corrected chi connectivity index (χ2v) is 4.37. The number of nitrogens with zero attached hydrogens (tertiary/aromatic N) is 3. The van der Waals surface area contributed by atoms with Gasteiger partial charge in [0.2, 0.25) is 0 Å². The smallest absolute Gasteiger partial charge is 0.274 e. The maximum Gasteiger partial charge on any atom is 0.274 e. The number of carbonyl (C=O) groups is 1. The van der Waals surface area contributed by atoms with Gasteiger partial charge in [0, 0.05) is 26.3 Å². The highest BCUT2D eigenvalue weighted by Crippen LogP contribution is 2.15. The topological polar surface area (TPSA) is 55.3 Å². The van der Waals surface area contributed by atoms with Gasteiger partial charge in [-0.15, -0.1) is 0 Å². The molecule has 17 heavy (non-hydrogen) atoms. The summed E-state index contributed by atoms with van der Waals surface area (Å²) in [4.78, 5) is 21.6. The number of aromatic nitrogens is 2. The molecule has 6 heteroatoms. The minimum atomic E-state index is -0.124. The van der Waals surface area contributed by atoms with Crippen LogP contribution >= 0.6 is 11.6 Å². The molecule has 92 valence electrons. The van der Waals surface area contributed by atoms with E-state index in [2.05, 4.69) is 9.97 Å².